The Morgan fingerprint density at radius 1 is 0.589 bits per heavy atom. The summed E-state index contributed by atoms with van der Waals surface area (Å²) in [7, 11) is 11.0. The molecule has 56 heavy (non-hydrogen) atoms. The Labute approximate surface area is 359 Å². The first-order valence-electron chi connectivity index (χ1n) is 21.4. The number of hydrogen-bond acceptors (Lipinski definition) is 0. The van der Waals surface area contributed by atoms with E-state index >= 15 is 0 Å². The van der Waals surface area contributed by atoms with E-state index < -0.39 is 20.8 Å². The van der Waals surface area contributed by atoms with Crippen LogP contribution in [0.2, 0.25) is 13.1 Å². The van der Waals surface area contributed by atoms with Crippen LogP contribution in [0.1, 0.15) is 100 Å². The molecule has 0 amide bonds. The van der Waals surface area contributed by atoms with Gasteiger partial charge in [0, 0.05) is 9.52 Å². The van der Waals surface area contributed by atoms with Crippen LogP contribution in [-0.4, -0.2) is 9.52 Å². The zero-order valence-electron chi connectivity index (χ0n) is 34.2. The first-order chi connectivity index (χ1) is 27.3. The van der Waals surface area contributed by atoms with Crippen molar-refractivity contribution in [3.63, 3.8) is 0 Å². The van der Waals surface area contributed by atoms with Crippen LogP contribution >= 0.6 is 17.0 Å². The van der Waals surface area contributed by atoms with Crippen LogP contribution in [-0.2, 0) is 46.5 Å². The average molecular weight is 875 g/mol. The Morgan fingerprint density at radius 3 is 1.25 bits per heavy atom. The minimum atomic E-state index is -0.826. The third-order valence-electron chi connectivity index (χ3n) is 13.9. The summed E-state index contributed by atoms with van der Waals surface area (Å²) >= 11 is -0.826. The van der Waals surface area contributed by atoms with Gasteiger partial charge < -0.3 is 0 Å². The Bertz CT molecular complexity index is 1980. The molecule has 2 radical (unpaired) electrons. The van der Waals surface area contributed by atoms with Crippen molar-refractivity contribution >= 4 is 48.1 Å². The molecule has 0 heterocycles. The fourth-order valence-electron chi connectivity index (χ4n) is 11.1. The van der Waals surface area contributed by atoms with Crippen molar-refractivity contribution in [3.05, 3.63) is 131 Å². The van der Waals surface area contributed by atoms with Crippen molar-refractivity contribution in [2.45, 2.75) is 117 Å². The summed E-state index contributed by atoms with van der Waals surface area (Å²) in [6.45, 7) is 8.74. The standard InChI is InChI=1S/2C25H27.C2H6Si.2ClH.Zr/c2*1-2-18-6-8-21(9-7-18)23-5-3-4-22-14-20(15-24(22)23)17-25-12-10-19(16-25)11-13-25;1-3-2;;;/h2*3-9,14-15,19H,2,10-13,16-17H2,1H3;1-2H3;2*1H;/q2*-1;;;;+4/p-2. The van der Waals surface area contributed by atoms with Crippen LogP contribution in [0.4, 0.5) is 0 Å². The maximum absolute atomic E-state index is 4.93. The van der Waals surface area contributed by atoms with Crippen molar-refractivity contribution in [2.24, 2.45) is 22.7 Å². The van der Waals surface area contributed by atoms with E-state index in [1.54, 1.807) is 11.1 Å². The van der Waals surface area contributed by atoms with E-state index in [-0.39, 0.29) is 0 Å². The first-order valence-corrected chi connectivity index (χ1v) is 29.8. The Kier molecular flexibility index (Phi) is 14.4. The van der Waals surface area contributed by atoms with Crippen molar-refractivity contribution in [1.82, 2.24) is 0 Å². The van der Waals surface area contributed by atoms with E-state index in [0.717, 1.165) is 34.2 Å². The van der Waals surface area contributed by atoms with Gasteiger partial charge in [-0.05, 0) is 135 Å². The van der Waals surface area contributed by atoms with Crippen LogP contribution in [0.3, 0.4) is 0 Å². The molecule has 4 bridgehead atoms. The molecule has 0 spiro atoms. The summed E-state index contributed by atoms with van der Waals surface area (Å²) in [5.41, 5.74) is 12.7. The van der Waals surface area contributed by atoms with E-state index in [4.69, 9.17) is 17.0 Å². The SMILES string of the molecule is CCc1ccc(-c2cccc3[cH-]c(CC45CCC(CC4)C5)cc23)cc1.CCc1ccc(-c2cccc3[cH-]c(CC45CCC(CC4)C5)cc23)cc1.C[Si]C.[Cl][Zr+2][Cl]. The molecule has 0 aliphatic heterocycles. The molecular formula is C52H60Cl2SiZr. The third kappa shape index (κ3) is 9.63. The zero-order valence-corrected chi connectivity index (χ0v) is 39.2. The molecule has 0 unspecified atom stereocenters. The second kappa shape index (κ2) is 19.2. The molecule has 290 valence electrons. The second-order valence-corrected chi connectivity index (χ2v) is 22.4. The molecule has 0 saturated heterocycles. The van der Waals surface area contributed by atoms with Crippen LogP contribution in [0.25, 0.3) is 43.8 Å². The number of rotatable bonds is 8. The fraction of sp³-hybridized carbons (Fsp3) is 0.423. The molecule has 0 aromatic heterocycles. The average Bonchev–Trinajstić information content (AvgIpc) is 4.10. The third-order valence-corrected chi connectivity index (χ3v) is 13.9. The van der Waals surface area contributed by atoms with E-state index in [1.165, 1.54) is 132 Å². The summed E-state index contributed by atoms with van der Waals surface area (Å²) < 4.78 is 0. The summed E-state index contributed by atoms with van der Waals surface area (Å²) in [4.78, 5) is 0. The normalized spacial score (nSPS) is 22.9. The number of aryl methyl sites for hydroxylation is 2. The van der Waals surface area contributed by atoms with Crippen molar-refractivity contribution in [3.8, 4) is 22.3 Å². The molecule has 4 aliphatic rings. The molecule has 0 atom stereocenters. The van der Waals surface area contributed by atoms with Crippen molar-refractivity contribution < 1.29 is 20.8 Å². The molecule has 4 saturated carbocycles. The number of fused-ring (bicyclic) bond motifs is 6. The van der Waals surface area contributed by atoms with Gasteiger partial charge in [-0.25, -0.2) is 0 Å². The van der Waals surface area contributed by atoms with Crippen LogP contribution in [0, 0.1) is 22.7 Å². The monoisotopic (exact) mass is 872 g/mol. The topological polar surface area (TPSA) is 0 Å². The number of benzene rings is 4. The number of halogens is 2. The molecule has 4 fully saturated rings. The van der Waals surface area contributed by atoms with Gasteiger partial charge in [0.15, 0.2) is 0 Å². The molecule has 4 aliphatic carbocycles. The van der Waals surface area contributed by atoms with Gasteiger partial charge in [-0.2, -0.15) is 12.1 Å². The van der Waals surface area contributed by atoms with E-state index in [1.807, 2.05) is 0 Å². The fourth-order valence-corrected chi connectivity index (χ4v) is 11.1. The van der Waals surface area contributed by atoms with Crippen molar-refractivity contribution in [1.29, 1.82) is 0 Å². The van der Waals surface area contributed by atoms with Gasteiger partial charge in [0.25, 0.3) is 0 Å². The second-order valence-electron chi connectivity index (χ2n) is 17.7. The summed E-state index contributed by atoms with van der Waals surface area (Å²) in [6, 6.07) is 41.7. The molecule has 0 N–H and O–H groups in total. The van der Waals surface area contributed by atoms with Gasteiger partial charge in [0.1, 0.15) is 0 Å². The van der Waals surface area contributed by atoms with Crippen LogP contribution in [0.5, 0.6) is 0 Å². The summed E-state index contributed by atoms with van der Waals surface area (Å²) in [5.74, 6) is 2.08. The zero-order chi connectivity index (χ0) is 39.1. The predicted octanol–water partition coefficient (Wildman–Crippen LogP) is 16.0. The quantitative estimate of drug-likeness (QED) is 0.106. The summed E-state index contributed by atoms with van der Waals surface area (Å²) in [6.07, 6.45) is 19.6. The van der Waals surface area contributed by atoms with E-state index in [0.29, 0.717) is 10.8 Å². The van der Waals surface area contributed by atoms with Crippen LogP contribution < -0.4 is 0 Å². The molecule has 0 nitrogen and oxygen atoms in total. The Hall–Kier alpha value is -2.22. The van der Waals surface area contributed by atoms with E-state index in [9.17, 15) is 0 Å². The maximum atomic E-state index is 4.93. The molecule has 6 aromatic rings. The van der Waals surface area contributed by atoms with Gasteiger partial charge in [0.05, 0.1) is 0 Å². The molecule has 6 aromatic carbocycles. The van der Waals surface area contributed by atoms with E-state index in [2.05, 4.69) is 136 Å². The van der Waals surface area contributed by atoms with Gasteiger partial charge in [-0.3, -0.25) is 0 Å². The van der Waals surface area contributed by atoms with Gasteiger partial charge in [-0.1, -0.05) is 98.7 Å². The predicted molar refractivity (Wildman–Crippen MR) is 243 cm³/mol. The Balaban J connectivity index is 0.000000151. The van der Waals surface area contributed by atoms with Gasteiger partial charge in [-0.15, -0.1) is 69.1 Å². The Morgan fingerprint density at radius 2 is 0.946 bits per heavy atom. The first kappa shape index (κ1) is 41.9. The van der Waals surface area contributed by atoms with Gasteiger partial charge in [0.2, 0.25) is 0 Å². The molecule has 10 rings (SSSR count). The van der Waals surface area contributed by atoms with Crippen LogP contribution in [0.15, 0.2) is 109 Å². The summed E-state index contributed by atoms with van der Waals surface area (Å²) in [5, 5.41) is 5.70. The van der Waals surface area contributed by atoms with Crippen molar-refractivity contribution in [2.75, 3.05) is 0 Å². The number of hydrogen-bond donors (Lipinski definition) is 0. The van der Waals surface area contributed by atoms with Gasteiger partial charge >= 0.3 is 37.9 Å². The minimum absolute atomic E-state index is 0.637. The molecular weight excluding hydrogens is 815 g/mol. The molecule has 4 heteroatoms.